The number of aryl methyl sites for hydroxylation is 1. The Morgan fingerprint density at radius 3 is 2.76 bits per heavy atom. The Bertz CT molecular complexity index is 366. The van der Waals surface area contributed by atoms with Gasteiger partial charge in [0.25, 0.3) is 0 Å². The Balaban J connectivity index is 2.51. The average Bonchev–Trinajstić information content (AvgIpc) is 2.23. The number of carbonyl (C=O) groups excluding carboxylic acids is 1. The SMILES string of the molecule is O=[C]NCCCc1cccc(OC(F)(F)F)c1. The topological polar surface area (TPSA) is 38.3 Å². The second kappa shape index (κ2) is 6.12. The first-order chi connectivity index (χ1) is 8.01. The molecule has 1 N–H and O–H groups in total. The largest absolute Gasteiger partial charge is 0.573 e. The van der Waals surface area contributed by atoms with Crippen LogP contribution < -0.4 is 10.1 Å². The number of hydrogen-bond donors (Lipinski definition) is 1. The van der Waals surface area contributed by atoms with Gasteiger partial charge in [-0.25, -0.2) is 0 Å². The predicted molar refractivity (Wildman–Crippen MR) is 55.1 cm³/mol. The molecule has 0 aliphatic carbocycles. The maximum absolute atomic E-state index is 12.0. The summed E-state index contributed by atoms with van der Waals surface area (Å²) >= 11 is 0. The van der Waals surface area contributed by atoms with Crippen molar-refractivity contribution in [2.75, 3.05) is 6.54 Å². The number of nitrogens with one attached hydrogen (secondary N) is 1. The summed E-state index contributed by atoms with van der Waals surface area (Å²) in [6.07, 6.45) is -1.96. The Kier molecular flexibility index (Phi) is 4.81. The van der Waals surface area contributed by atoms with Gasteiger partial charge < -0.3 is 10.1 Å². The predicted octanol–water partition coefficient (Wildman–Crippen LogP) is 2.17. The Morgan fingerprint density at radius 1 is 1.35 bits per heavy atom. The number of alkyl halides is 3. The van der Waals surface area contributed by atoms with E-state index < -0.39 is 6.36 Å². The Hall–Kier alpha value is -1.72. The van der Waals surface area contributed by atoms with Gasteiger partial charge in [-0.2, -0.15) is 0 Å². The van der Waals surface area contributed by atoms with Crippen LogP contribution in [0.2, 0.25) is 0 Å². The van der Waals surface area contributed by atoms with Crippen LogP contribution in [0.3, 0.4) is 0 Å². The molecule has 93 valence electrons. The van der Waals surface area contributed by atoms with Crippen molar-refractivity contribution in [3.8, 4) is 5.75 Å². The van der Waals surface area contributed by atoms with E-state index in [9.17, 15) is 18.0 Å². The van der Waals surface area contributed by atoms with Crippen molar-refractivity contribution >= 4 is 6.41 Å². The summed E-state index contributed by atoms with van der Waals surface area (Å²) in [5.41, 5.74) is 0.722. The highest BCUT2D eigenvalue weighted by atomic mass is 19.4. The number of halogens is 3. The molecule has 0 aliphatic heterocycles. The summed E-state index contributed by atoms with van der Waals surface area (Å²) in [5.74, 6) is -0.232. The lowest BCUT2D eigenvalue weighted by Crippen LogP contribution is -2.17. The molecule has 17 heavy (non-hydrogen) atoms. The highest BCUT2D eigenvalue weighted by Crippen LogP contribution is 2.23. The lowest BCUT2D eigenvalue weighted by molar-refractivity contribution is -0.274. The third-order valence-corrected chi connectivity index (χ3v) is 1.97. The molecule has 3 nitrogen and oxygen atoms in total. The summed E-state index contributed by atoms with van der Waals surface area (Å²) in [6.45, 7) is 0.438. The molecule has 0 saturated heterocycles. The van der Waals surface area contributed by atoms with E-state index in [0.717, 1.165) is 5.56 Å². The molecule has 0 saturated carbocycles. The minimum absolute atomic E-state index is 0.232. The van der Waals surface area contributed by atoms with Crippen molar-refractivity contribution in [2.45, 2.75) is 19.2 Å². The Morgan fingerprint density at radius 2 is 2.12 bits per heavy atom. The van der Waals surface area contributed by atoms with E-state index >= 15 is 0 Å². The average molecular weight is 246 g/mol. The zero-order valence-corrected chi connectivity index (χ0v) is 8.88. The second-order valence-electron chi connectivity index (χ2n) is 3.33. The zero-order chi connectivity index (χ0) is 12.7. The molecule has 1 aromatic rings. The summed E-state index contributed by atoms with van der Waals surface area (Å²) in [5, 5.41) is 2.35. The number of benzene rings is 1. The first-order valence-corrected chi connectivity index (χ1v) is 4.96. The number of ether oxygens (including phenoxy) is 1. The monoisotopic (exact) mass is 246 g/mol. The molecule has 1 amide bonds. The van der Waals surface area contributed by atoms with Crippen LogP contribution in [0.4, 0.5) is 13.2 Å². The summed E-state index contributed by atoms with van der Waals surface area (Å²) in [6, 6.07) is 5.77. The number of rotatable bonds is 6. The number of hydrogen-bond acceptors (Lipinski definition) is 2. The minimum atomic E-state index is -4.67. The maximum Gasteiger partial charge on any atom is 0.573 e. The fourth-order valence-electron chi connectivity index (χ4n) is 1.33. The minimum Gasteiger partial charge on any atom is -0.406 e. The quantitative estimate of drug-likeness (QED) is 0.617. The van der Waals surface area contributed by atoms with E-state index in [-0.39, 0.29) is 5.75 Å². The lowest BCUT2D eigenvalue weighted by Gasteiger charge is -2.09. The fourth-order valence-corrected chi connectivity index (χ4v) is 1.33. The van der Waals surface area contributed by atoms with Crippen LogP contribution in [-0.2, 0) is 11.2 Å². The van der Waals surface area contributed by atoms with Crippen molar-refractivity contribution in [3.63, 3.8) is 0 Å². The summed E-state index contributed by atoms with van der Waals surface area (Å²) in [7, 11) is 0. The van der Waals surface area contributed by atoms with E-state index in [1.807, 2.05) is 0 Å². The van der Waals surface area contributed by atoms with E-state index in [1.165, 1.54) is 24.6 Å². The van der Waals surface area contributed by atoms with Gasteiger partial charge in [-0.3, -0.25) is 4.79 Å². The van der Waals surface area contributed by atoms with Crippen LogP contribution in [0.1, 0.15) is 12.0 Å². The van der Waals surface area contributed by atoms with E-state index in [1.54, 1.807) is 6.07 Å². The highest BCUT2D eigenvalue weighted by Gasteiger charge is 2.30. The Labute approximate surface area is 96.6 Å². The normalized spacial score (nSPS) is 11.0. The van der Waals surface area contributed by atoms with E-state index in [2.05, 4.69) is 10.1 Å². The van der Waals surface area contributed by atoms with Crippen molar-refractivity contribution in [1.82, 2.24) is 5.32 Å². The van der Waals surface area contributed by atoms with Crippen molar-refractivity contribution in [3.05, 3.63) is 29.8 Å². The molecule has 0 unspecified atom stereocenters. The van der Waals surface area contributed by atoms with Gasteiger partial charge in [-0.15, -0.1) is 13.2 Å². The third kappa shape index (κ3) is 5.79. The molecule has 0 heterocycles. The first-order valence-electron chi connectivity index (χ1n) is 4.96. The van der Waals surface area contributed by atoms with Gasteiger partial charge in [0.1, 0.15) is 5.75 Å². The van der Waals surface area contributed by atoms with Crippen molar-refractivity contribution in [2.24, 2.45) is 0 Å². The van der Waals surface area contributed by atoms with E-state index in [0.29, 0.717) is 19.4 Å². The van der Waals surface area contributed by atoms with Crippen LogP contribution >= 0.6 is 0 Å². The summed E-state index contributed by atoms with van der Waals surface area (Å²) in [4.78, 5) is 9.85. The van der Waals surface area contributed by atoms with Crippen LogP contribution in [0.15, 0.2) is 24.3 Å². The molecule has 1 aromatic carbocycles. The molecule has 1 radical (unpaired) electrons. The second-order valence-corrected chi connectivity index (χ2v) is 3.33. The highest BCUT2D eigenvalue weighted by molar-refractivity contribution is 5.46. The van der Waals surface area contributed by atoms with Gasteiger partial charge in [-0.1, -0.05) is 12.1 Å². The standard InChI is InChI=1S/C11H11F3NO2/c12-11(13,14)17-10-5-1-3-9(7-10)4-2-6-15-8-16/h1,3,5,7H,2,4,6H2,(H,15,16). The molecular formula is C11H11F3NO2. The van der Waals surface area contributed by atoms with Crippen LogP contribution in [-0.4, -0.2) is 19.3 Å². The smallest absolute Gasteiger partial charge is 0.406 e. The van der Waals surface area contributed by atoms with Gasteiger partial charge in [0, 0.05) is 6.54 Å². The molecule has 6 heteroatoms. The molecule has 0 atom stereocenters. The van der Waals surface area contributed by atoms with Crippen molar-refractivity contribution < 1.29 is 22.7 Å². The van der Waals surface area contributed by atoms with Crippen LogP contribution in [0.5, 0.6) is 5.75 Å². The van der Waals surface area contributed by atoms with Gasteiger partial charge in [0.2, 0.25) is 0 Å². The number of amides is 1. The molecule has 1 rings (SSSR count). The fraction of sp³-hybridized carbons (Fsp3) is 0.364. The molecule has 0 spiro atoms. The van der Waals surface area contributed by atoms with Crippen LogP contribution in [0, 0.1) is 0 Å². The zero-order valence-electron chi connectivity index (χ0n) is 8.88. The van der Waals surface area contributed by atoms with Gasteiger partial charge in [0.05, 0.1) is 0 Å². The third-order valence-electron chi connectivity index (χ3n) is 1.97. The van der Waals surface area contributed by atoms with E-state index in [4.69, 9.17) is 0 Å². The molecule has 0 aromatic heterocycles. The van der Waals surface area contributed by atoms with Gasteiger partial charge in [0.15, 0.2) is 0 Å². The maximum atomic E-state index is 12.0. The van der Waals surface area contributed by atoms with Crippen LogP contribution in [0.25, 0.3) is 0 Å². The molecular weight excluding hydrogens is 235 g/mol. The first kappa shape index (κ1) is 13.3. The molecule has 0 aliphatic rings. The molecule has 0 bridgehead atoms. The molecule has 0 fully saturated rings. The lowest BCUT2D eigenvalue weighted by atomic mass is 10.1. The van der Waals surface area contributed by atoms with Gasteiger partial charge in [-0.05, 0) is 30.5 Å². The van der Waals surface area contributed by atoms with Gasteiger partial charge >= 0.3 is 12.8 Å². The van der Waals surface area contributed by atoms with Crippen molar-refractivity contribution in [1.29, 1.82) is 0 Å². The summed E-state index contributed by atoms with van der Waals surface area (Å²) < 4.78 is 39.6.